The van der Waals surface area contributed by atoms with Crippen molar-refractivity contribution in [3.8, 4) is 28.3 Å². The molecule has 3 aliphatic heterocycles. The highest BCUT2D eigenvalue weighted by molar-refractivity contribution is 6.01. The van der Waals surface area contributed by atoms with Crippen LogP contribution in [0.4, 0.5) is 13.6 Å². The minimum atomic E-state index is -3.01. The van der Waals surface area contributed by atoms with Crippen molar-refractivity contribution in [3.63, 3.8) is 0 Å². The van der Waals surface area contributed by atoms with Crippen LogP contribution >= 0.6 is 0 Å². The molecule has 4 unspecified atom stereocenters. The number of hydrogen-bond donors (Lipinski definition) is 1. The van der Waals surface area contributed by atoms with Gasteiger partial charge in [0.2, 0.25) is 5.88 Å². The predicted octanol–water partition coefficient (Wildman–Crippen LogP) is 6.14. The number of piperidine rings is 1. The maximum Gasteiger partial charge on any atom is 0.411 e. The van der Waals surface area contributed by atoms with Crippen LogP contribution in [0.2, 0.25) is 0 Å². The van der Waals surface area contributed by atoms with E-state index in [4.69, 9.17) is 14.2 Å². The maximum atomic E-state index is 14.9. The summed E-state index contributed by atoms with van der Waals surface area (Å²) < 4.78 is 48.9. The predicted molar refractivity (Wildman–Crippen MR) is 156 cm³/mol. The van der Waals surface area contributed by atoms with Crippen molar-refractivity contribution < 1.29 is 27.8 Å². The number of hydrogen-bond acceptors (Lipinski definition) is 8. The van der Waals surface area contributed by atoms with Crippen molar-refractivity contribution in [1.82, 2.24) is 35.1 Å². The van der Waals surface area contributed by atoms with Crippen molar-refractivity contribution in [2.45, 2.75) is 95.2 Å². The van der Waals surface area contributed by atoms with Gasteiger partial charge in [-0.05, 0) is 57.7 Å². The highest BCUT2D eigenvalue weighted by Gasteiger charge is 2.60. The molecule has 3 saturated heterocycles. The fraction of sp³-hybridized carbons (Fsp3) is 0.516. The van der Waals surface area contributed by atoms with Crippen molar-refractivity contribution in [3.05, 3.63) is 42.9 Å². The number of benzene rings is 1. The Morgan fingerprint density at radius 1 is 1.09 bits per heavy atom. The van der Waals surface area contributed by atoms with Gasteiger partial charge in [0.25, 0.3) is 5.92 Å². The first-order valence-electron chi connectivity index (χ1n) is 15.1. The lowest BCUT2D eigenvalue weighted by molar-refractivity contribution is -0.0609. The zero-order chi connectivity index (χ0) is 30.6. The molecule has 4 atom stereocenters. The minimum Gasteiger partial charge on any atom is -0.473 e. The van der Waals surface area contributed by atoms with Gasteiger partial charge >= 0.3 is 6.09 Å². The second kappa shape index (κ2) is 10.8. The number of ether oxygens (including phenoxy) is 3. The van der Waals surface area contributed by atoms with E-state index >= 15 is 0 Å². The van der Waals surface area contributed by atoms with Crippen molar-refractivity contribution >= 4 is 17.0 Å². The number of aromatic nitrogens is 6. The molecule has 4 aromatic rings. The summed E-state index contributed by atoms with van der Waals surface area (Å²) in [6.07, 6.45) is 7.30. The summed E-state index contributed by atoms with van der Waals surface area (Å²) in [7, 11) is 0. The number of fused-ring (bicyclic) bond motifs is 3. The van der Waals surface area contributed by atoms with E-state index in [1.807, 2.05) is 29.2 Å². The molecule has 3 aromatic heterocycles. The molecule has 1 aromatic carbocycles. The zero-order valence-electron chi connectivity index (χ0n) is 24.9. The number of amides is 1. The average molecular weight is 608 g/mol. The topological polar surface area (TPSA) is 120 Å². The van der Waals surface area contributed by atoms with Crippen LogP contribution in [0.15, 0.2) is 42.9 Å². The molecule has 0 saturated carbocycles. The van der Waals surface area contributed by atoms with Crippen molar-refractivity contribution in [2.75, 3.05) is 6.61 Å². The molecule has 6 heterocycles. The van der Waals surface area contributed by atoms with Crippen molar-refractivity contribution in [2.24, 2.45) is 0 Å². The van der Waals surface area contributed by atoms with Crippen LogP contribution in [-0.2, 0) is 9.47 Å². The summed E-state index contributed by atoms with van der Waals surface area (Å²) in [5, 5.41) is 21.5. The van der Waals surface area contributed by atoms with Gasteiger partial charge in [0.1, 0.15) is 24.0 Å². The van der Waals surface area contributed by atoms with Gasteiger partial charge in [-0.2, -0.15) is 10.2 Å². The molecule has 13 heteroatoms. The van der Waals surface area contributed by atoms with Gasteiger partial charge in [-0.1, -0.05) is 6.07 Å². The average Bonchev–Trinajstić information content (AvgIpc) is 3.70. The van der Waals surface area contributed by atoms with Crippen LogP contribution in [0.5, 0.6) is 5.88 Å². The molecule has 44 heavy (non-hydrogen) atoms. The fourth-order valence-electron chi connectivity index (χ4n) is 6.59. The van der Waals surface area contributed by atoms with Crippen LogP contribution in [-0.4, -0.2) is 77.5 Å². The van der Waals surface area contributed by atoms with Gasteiger partial charge in [0.05, 0.1) is 23.6 Å². The van der Waals surface area contributed by atoms with E-state index in [9.17, 15) is 13.6 Å². The van der Waals surface area contributed by atoms with Crippen LogP contribution in [0.3, 0.4) is 0 Å². The maximum absolute atomic E-state index is 14.9. The molecule has 7 rings (SSSR count). The zero-order valence-corrected chi connectivity index (χ0v) is 24.9. The summed E-state index contributed by atoms with van der Waals surface area (Å²) in [4.78, 5) is 13.9. The van der Waals surface area contributed by atoms with Crippen LogP contribution in [0.25, 0.3) is 33.3 Å². The van der Waals surface area contributed by atoms with Gasteiger partial charge in [0, 0.05) is 60.7 Å². The van der Waals surface area contributed by atoms with Crippen LogP contribution in [0.1, 0.15) is 65.5 Å². The molecule has 1 amide bonds. The number of halogens is 2. The van der Waals surface area contributed by atoms with E-state index in [-0.39, 0.29) is 24.9 Å². The van der Waals surface area contributed by atoms with E-state index in [1.54, 1.807) is 39.1 Å². The molecule has 3 fully saturated rings. The molecule has 0 radical (unpaired) electrons. The van der Waals surface area contributed by atoms with E-state index in [1.165, 1.54) is 4.90 Å². The third-order valence-corrected chi connectivity index (χ3v) is 8.53. The Balaban J connectivity index is 1.06. The molecular weight excluding hydrogens is 572 g/mol. The third kappa shape index (κ3) is 5.37. The number of nitrogens with one attached hydrogen (secondary N) is 1. The largest absolute Gasteiger partial charge is 0.473 e. The minimum absolute atomic E-state index is 0.0220. The Kier molecular flexibility index (Phi) is 7.02. The van der Waals surface area contributed by atoms with Gasteiger partial charge < -0.3 is 14.2 Å². The SMILES string of the molecule is CC(C)(C)OC(=O)N1C2CC(Oc3ccc(-c4ccc(-c5cnn(C6CCCCO6)c5)c5cn[nH]c45)nn3)CC1C(F)(F)C2. The Morgan fingerprint density at radius 2 is 1.93 bits per heavy atom. The molecule has 0 aliphatic carbocycles. The third-order valence-electron chi connectivity index (χ3n) is 8.53. The Hall–Kier alpha value is -4.13. The molecule has 232 valence electrons. The van der Waals surface area contributed by atoms with Crippen LogP contribution < -0.4 is 4.74 Å². The first kappa shape index (κ1) is 28.6. The molecule has 0 spiro atoms. The van der Waals surface area contributed by atoms with E-state index < -0.39 is 42.2 Å². The quantitative estimate of drug-likeness (QED) is 0.287. The van der Waals surface area contributed by atoms with E-state index in [0.29, 0.717) is 5.69 Å². The number of rotatable bonds is 5. The lowest BCUT2D eigenvalue weighted by Crippen LogP contribution is -2.53. The lowest BCUT2D eigenvalue weighted by Gasteiger charge is -2.39. The first-order chi connectivity index (χ1) is 21.1. The van der Waals surface area contributed by atoms with Gasteiger partial charge in [0.15, 0.2) is 0 Å². The molecule has 2 bridgehead atoms. The normalized spacial score (nSPS) is 24.9. The molecule has 1 N–H and O–H groups in total. The molecule has 11 nitrogen and oxygen atoms in total. The second-order valence-corrected chi connectivity index (χ2v) is 12.8. The smallest absolute Gasteiger partial charge is 0.411 e. The highest BCUT2D eigenvalue weighted by Crippen LogP contribution is 2.47. The second-order valence-electron chi connectivity index (χ2n) is 12.8. The number of carbonyl (C=O) groups is 1. The first-order valence-corrected chi connectivity index (χ1v) is 15.1. The number of H-pyrrole nitrogens is 1. The summed E-state index contributed by atoms with van der Waals surface area (Å²) in [5.41, 5.74) is 3.40. The fourth-order valence-corrected chi connectivity index (χ4v) is 6.59. The van der Waals surface area contributed by atoms with E-state index in [0.717, 1.165) is 53.5 Å². The van der Waals surface area contributed by atoms with Gasteiger partial charge in [-0.15, -0.1) is 10.2 Å². The summed E-state index contributed by atoms with van der Waals surface area (Å²) in [5.74, 6) is -2.78. The monoisotopic (exact) mass is 607 g/mol. The van der Waals surface area contributed by atoms with E-state index in [2.05, 4.69) is 25.5 Å². The lowest BCUT2D eigenvalue weighted by atomic mass is 9.99. The molecule has 3 aliphatic rings. The van der Waals surface area contributed by atoms with Crippen LogP contribution in [0, 0.1) is 0 Å². The summed E-state index contributed by atoms with van der Waals surface area (Å²) >= 11 is 0. The van der Waals surface area contributed by atoms with Gasteiger partial charge in [-0.25, -0.2) is 18.3 Å². The number of carbonyl (C=O) groups excluding carboxylic acids is 1. The Morgan fingerprint density at radius 3 is 2.66 bits per heavy atom. The Bertz CT molecular complexity index is 1660. The molecular formula is C31H35F2N7O4. The summed E-state index contributed by atoms with van der Waals surface area (Å²) in [6.45, 7) is 5.91. The number of alkyl halides is 2. The van der Waals surface area contributed by atoms with Gasteiger partial charge in [-0.3, -0.25) is 10.00 Å². The number of nitrogens with zero attached hydrogens (tertiary/aromatic N) is 6. The number of aromatic amines is 1. The standard InChI is InChI=1S/C31H35F2N7O4/c1-30(2,3)44-29(41)40-19-12-20(13-25(40)31(32,33)14-19)43-26-10-9-24(36-37-26)22-8-7-21(23-16-34-38-28(22)23)18-15-35-39(17-18)27-6-4-5-11-42-27/h7-10,15-17,19-20,25,27H,4-6,11-14H2,1-3H3,(H,34,38). The highest BCUT2D eigenvalue weighted by atomic mass is 19.3. The van der Waals surface area contributed by atoms with Crippen molar-refractivity contribution in [1.29, 1.82) is 0 Å². The Labute approximate surface area is 252 Å². The summed E-state index contributed by atoms with van der Waals surface area (Å²) in [6, 6.07) is 5.48.